The normalized spacial score (nSPS) is 27.0. The zero-order valence-corrected chi connectivity index (χ0v) is 13.3. The monoisotopic (exact) mass is 288 g/mol. The number of nitrogens with zero attached hydrogens (tertiary/aromatic N) is 1. The van der Waals surface area contributed by atoms with Gasteiger partial charge in [-0.3, -0.25) is 0 Å². The van der Waals surface area contributed by atoms with Crippen molar-refractivity contribution in [2.24, 2.45) is 17.8 Å². The number of fused-ring (bicyclic) bond motifs is 2. The maximum atomic E-state index is 6.31. The highest BCUT2D eigenvalue weighted by atomic mass is 16.5. The fourth-order valence-corrected chi connectivity index (χ4v) is 4.25. The first-order valence-corrected chi connectivity index (χ1v) is 8.41. The largest absolute Gasteiger partial charge is 0.491 e. The molecule has 3 nitrogen and oxygen atoms in total. The zero-order valence-electron chi connectivity index (χ0n) is 13.3. The summed E-state index contributed by atoms with van der Waals surface area (Å²) in [5.41, 5.74) is 8.21. The van der Waals surface area contributed by atoms with Crippen molar-refractivity contribution < 1.29 is 4.74 Å². The molecule has 3 heteroatoms. The maximum Gasteiger partial charge on any atom is 0.144 e. The Morgan fingerprint density at radius 1 is 1.29 bits per heavy atom. The second-order valence-electron chi connectivity index (χ2n) is 6.85. The average molecular weight is 288 g/mol. The molecule has 0 aliphatic heterocycles. The molecule has 0 amide bonds. The molecule has 3 rings (SSSR count). The van der Waals surface area contributed by atoms with E-state index in [2.05, 4.69) is 24.9 Å². The number of nitrogens with two attached hydrogens (primary N) is 1. The molecule has 1 aromatic carbocycles. The lowest BCUT2D eigenvalue weighted by molar-refractivity contribution is 0.319. The zero-order chi connectivity index (χ0) is 14.8. The first-order chi connectivity index (χ1) is 10.2. The summed E-state index contributed by atoms with van der Waals surface area (Å²) in [5.74, 6) is 3.64. The van der Waals surface area contributed by atoms with Gasteiger partial charge in [0.05, 0.1) is 18.0 Å². The highest BCUT2D eigenvalue weighted by Crippen LogP contribution is 2.48. The molecule has 0 heterocycles. The third kappa shape index (κ3) is 2.97. The minimum absolute atomic E-state index is 0.726. The molecule has 21 heavy (non-hydrogen) atoms. The maximum absolute atomic E-state index is 6.31. The van der Waals surface area contributed by atoms with Crippen LogP contribution in [0, 0.1) is 17.8 Å². The topological polar surface area (TPSA) is 38.5 Å². The number of ether oxygens (including phenoxy) is 1. The Labute approximate surface area is 128 Å². The van der Waals surface area contributed by atoms with Gasteiger partial charge in [0.25, 0.3) is 0 Å². The molecule has 0 radical (unpaired) electrons. The van der Waals surface area contributed by atoms with Crippen molar-refractivity contribution in [1.82, 2.24) is 0 Å². The van der Waals surface area contributed by atoms with E-state index in [4.69, 9.17) is 10.5 Å². The SMILES string of the molecule is CCCOc1cccc(N(C)CC2CC3CCC2C3)c1N. The van der Waals surface area contributed by atoms with E-state index in [0.29, 0.717) is 0 Å². The molecule has 2 bridgehead atoms. The van der Waals surface area contributed by atoms with Crippen molar-refractivity contribution in [2.75, 3.05) is 30.8 Å². The van der Waals surface area contributed by atoms with Crippen molar-refractivity contribution in [3.8, 4) is 5.75 Å². The van der Waals surface area contributed by atoms with Crippen molar-refractivity contribution >= 4 is 11.4 Å². The van der Waals surface area contributed by atoms with E-state index in [1.807, 2.05) is 12.1 Å². The van der Waals surface area contributed by atoms with Gasteiger partial charge in [-0.25, -0.2) is 0 Å². The molecular weight excluding hydrogens is 260 g/mol. The standard InChI is InChI=1S/C18H28N2O/c1-3-9-21-17-6-4-5-16(18(17)19)20(2)12-15-11-13-7-8-14(15)10-13/h4-6,13-15H,3,7-12,19H2,1-2H3. The number of rotatable bonds is 6. The van der Waals surface area contributed by atoms with Gasteiger partial charge >= 0.3 is 0 Å². The Kier molecular flexibility index (Phi) is 4.27. The smallest absolute Gasteiger partial charge is 0.144 e. The number of nitrogen functional groups attached to an aromatic ring is 1. The minimum Gasteiger partial charge on any atom is -0.491 e. The molecule has 2 saturated carbocycles. The minimum atomic E-state index is 0.726. The first kappa shape index (κ1) is 14.6. The molecule has 0 aromatic heterocycles. The van der Waals surface area contributed by atoms with Crippen LogP contribution in [-0.2, 0) is 0 Å². The fraction of sp³-hybridized carbons (Fsp3) is 0.667. The van der Waals surface area contributed by atoms with Crippen molar-refractivity contribution in [2.45, 2.75) is 39.0 Å². The van der Waals surface area contributed by atoms with E-state index in [1.54, 1.807) is 0 Å². The molecule has 3 unspecified atom stereocenters. The molecule has 2 N–H and O–H groups in total. The van der Waals surface area contributed by atoms with Crippen molar-refractivity contribution in [3.63, 3.8) is 0 Å². The van der Waals surface area contributed by atoms with Crippen LogP contribution < -0.4 is 15.4 Å². The predicted octanol–water partition coefficient (Wildman–Crippen LogP) is 3.93. The third-order valence-corrected chi connectivity index (χ3v) is 5.31. The van der Waals surface area contributed by atoms with Crippen LogP contribution in [0.1, 0.15) is 39.0 Å². The average Bonchev–Trinajstić information content (AvgIpc) is 3.08. The van der Waals surface area contributed by atoms with Gasteiger partial charge in [0.1, 0.15) is 5.75 Å². The van der Waals surface area contributed by atoms with Gasteiger partial charge in [0.2, 0.25) is 0 Å². The first-order valence-electron chi connectivity index (χ1n) is 8.41. The quantitative estimate of drug-likeness (QED) is 0.806. The summed E-state index contributed by atoms with van der Waals surface area (Å²) in [5, 5.41) is 0. The van der Waals surface area contributed by atoms with Gasteiger partial charge in [0, 0.05) is 13.6 Å². The molecule has 2 aliphatic carbocycles. The van der Waals surface area contributed by atoms with Gasteiger partial charge in [-0.15, -0.1) is 0 Å². The summed E-state index contributed by atoms with van der Waals surface area (Å²) in [6.45, 7) is 3.97. The number of anilines is 2. The lowest BCUT2D eigenvalue weighted by Crippen LogP contribution is -2.29. The Bertz CT molecular complexity index is 488. The van der Waals surface area contributed by atoms with Gasteiger partial charge < -0.3 is 15.4 Å². The Morgan fingerprint density at radius 2 is 2.14 bits per heavy atom. The lowest BCUT2D eigenvalue weighted by Gasteiger charge is -2.29. The van der Waals surface area contributed by atoms with Crippen LogP contribution in [-0.4, -0.2) is 20.2 Å². The highest BCUT2D eigenvalue weighted by Gasteiger charge is 2.39. The fourth-order valence-electron chi connectivity index (χ4n) is 4.25. The molecular formula is C18H28N2O. The van der Waals surface area contributed by atoms with Crippen molar-refractivity contribution in [3.05, 3.63) is 18.2 Å². The summed E-state index contributed by atoms with van der Waals surface area (Å²) in [6, 6.07) is 6.13. The van der Waals surface area contributed by atoms with E-state index in [9.17, 15) is 0 Å². The number of hydrogen-bond acceptors (Lipinski definition) is 3. The van der Waals surface area contributed by atoms with Gasteiger partial charge in [-0.1, -0.05) is 19.4 Å². The molecule has 2 fully saturated rings. The summed E-state index contributed by atoms with van der Waals surface area (Å²) in [7, 11) is 2.17. The molecule has 1 aromatic rings. The van der Waals surface area contributed by atoms with E-state index in [0.717, 1.165) is 54.5 Å². The third-order valence-electron chi connectivity index (χ3n) is 5.31. The summed E-state index contributed by atoms with van der Waals surface area (Å²) in [6.07, 6.45) is 6.80. The van der Waals surface area contributed by atoms with Crippen molar-refractivity contribution in [1.29, 1.82) is 0 Å². The van der Waals surface area contributed by atoms with Crippen LogP contribution in [0.25, 0.3) is 0 Å². The van der Waals surface area contributed by atoms with Gasteiger partial charge in [-0.05, 0) is 55.6 Å². The predicted molar refractivity (Wildman–Crippen MR) is 88.8 cm³/mol. The number of benzene rings is 1. The second-order valence-corrected chi connectivity index (χ2v) is 6.85. The van der Waals surface area contributed by atoms with E-state index in [-0.39, 0.29) is 0 Å². The molecule has 116 valence electrons. The lowest BCUT2D eigenvalue weighted by atomic mass is 9.88. The Balaban J connectivity index is 1.68. The van der Waals surface area contributed by atoms with E-state index < -0.39 is 0 Å². The second kappa shape index (κ2) is 6.17. The van der Waals surface area contributed by atoms with E-state index in [1.165, 1.54) is 25.7 Å². The van der Waals surface area contributed by atoms with E-state index >= 15 is 0 Å². The summed E-state index contributed by atoms with van der Waals surface area (Å²) < 4.78 is 5.74. The Hall–Kier alpha value is -1.38. The molecule has 2 aliphatic rings. The van der Waals surface area contributed by atoms with Gasteiger partial charge in [-0.2, -0.15) is 0 Å². The van der Waals surface area contributed by atoms with Crippen LogP contribution in [0.3, 0.4) is 0 Å². The summed E-state index contributed by atoms with van der Waals surface area (Å²) in [4.78, 5) is 2.33. The van der Waals surface area contributed by atoms with Gasteiger partial charge in [0.15, 0.2) is 0 Å². The van der Waals surface area contributed by atoms with Crippen LogP contribution in [0.2, 0.25) is 0 Å². The highest BCUT2D eigenvalue weighted by molar-refractivity contribution is 5.73. The van der Waals surface area contributed by atoms with Crippen LogP contribution in [0.4, 0.5) is 11.4 Å². The number of hydrogen-bond donors (Lipinski definition) is 1. The molecule has 0 spiro atoms. The van der Waals surface area contributed by atoms with Crippen LogP contribution >= 0.6 is 0 Å². The van der Waals surface area contributed by atoms with Crippen LogP contribution in [0.15, 0.2) is 18.2 Å². The summed E-state index contributed by atoms with van der Waals surface area (Å²) >= 11 is 0. The molecule has 0 saturated heterocycles. The Morgan fingerprint density at radius 3 is 2.81 bits per heavy atom. The molecule has 3 atom stereocenters. The van der Waals surface area contributed by atoms with Crippen LogP contribution in [0.5, 0.6) is 5.75 Å². The number of para-hydroxylation sites is 1.